The molecule has 12 aromatic rings. The summed E-state index contributed by atoms with van der Waals surface area (Å²) >= 11 is 17.9. The summed E-state index contributed by atoms with van der Waals surface area (Å²) in [4.78, 5) is 120. The van der Waals surface area contributed by atoms with Gasteiger partial charge < -0.3 is 66.8 Å². The third kappa shape index (κ3) is 28.7. The van der Waals surface area contributed by atoms with Crippen LogP contribution in [0.25, 0.3) is 78.4 Å². The normalized spacial score (nSPS) is 14.4. The molecule has 0 saturated carbocycles. The van der Waals surface area contributed by atoms with Crippen LogP contribution in [0.15, 0.2) is 98.6 Å². The van der Waals surface area contributed by atoms with Gasteiger partial charge in [0.15, 0.2) is 27.7 Å². The highest BCUT2D eigenvalue weighted by Crippen LogP contribution is 2.37. The van der Waals surface area contributed by atoms with E-state index in [2.05, 4.69) is 158 Å². The van der Waals surface area contributed by atoms with Gasteiger partial charge in [-0.2, -0.15) is 19.9 Å². The number of pyridine rings is 4. The van der Waals surface area contributed by atoms with Crippen molar-refractivity contribution in [3.05, 3.63) is 137 Å². The fourth-order valence-corrected chi connectivity index (χ4v) is 16.2. The van der Waals surface area contributed by atoms with E-state index >= 15 is 0 Å². The second kappa shape index (κ2) is 46.1. The van der Waals surface area contributed by atoms with Gasteiger partial charge in [0.2, 0.25) is 22.5 Å². The van der Waals surface area contributed by atoms with Gasteiger partial charge in [0, 0.05) is 132 Å². The second-order valence-corrected chi connectivity index (χ2v) is 60.2. The molecule has 15 heterocycles. The lowest BCUT2D eigenvalue weighted by atomic mass is 9.80. The molecule has 0 atom stereocenters. The van der Waals surface area contributed by atoms with Crippen molar-refractivity contribution < 1.29 is 76.2 Å². The van der Waals surface area contributed by atoms with Crippen molar-refractivity contribution in [2.24, 2.45) is 0 Å². The van der Waals surface area contributed by atoms with Crippen LogP contribution in [0, 0.1) is 0 Å². The smallest absolute Gasteiger partial charge is 0.477 e. The highest BCUT2D eigenvalue weighted by atomic mass is 35.5. The predicted octanol–water partition coefficient (Wildman–Crippen LogP) is 14.4. The lowest BCUT2D eigenvalue weighted by Gasteiger charge is -2.32. The van der Waals surface area contributed by atoms with Gasteiger partial charge in [0.25, 0.3) is 0 Å². The molecule has 3 saturated heterocycles. The molecule has 12 aromatic heterocycles. The molecule has 3 fully saturated rings. The molecule has 1 N–H and O–H groups in total. The van der Waals surface area contributed by atoms with Gasteiger partial charge in [-0.3, -0.25) is 18.3 Å². The summed E-state index contributed by atoms with van der Waals surface area (Å²) in [6.07, 6.45) is 13.0. The molecule has 0 amide bonds. The van der Waals surface area contributed by atoms with Gasteiger partial charge in [-0.05, 0) is 118 Å². The van der Waals surface area contributed by atoms with Crippen LogP contribution in [-0.2, 0) is 78.9 Å². The van der Waals surface area contributed by atoms with Crippen LogP contribution in [-0.4, -0.2) is 278 Å². The number of halogens is 3. The van der Waals surface area contributed by atoms with Crippen LogP contribution < -0.4 is 15.3 Å². The first-order valence-corrected chi connectivity index (χ1v) is 58.6. The van der Waals surface area contributed by atoms with E-state index in [0.29, 0.717) is 184 Å². The van der Waals surface area contributed by atoms with Crippen molar-refractivity contribution in [2.75, 3.05) is 110 Å². The van der Waals surface area contributed by atoms with Crippen molar-refractivity contribution >= 4 is 160 Å². The number of fused-ring (bicyclic) bond motifs is 4. The van der Waals surface area contributed by atoms with Gasteiger partial charge in [-0.1, -0.05) is 104 Å². The number of carboxylic acid groups (broad SMARTS) is 1. The summed E-state index contributed by atoms with van der Waals surface area (Å²) in [6, 6.07) is 17.6. The van der Waals surface area contributed by atoms with Crippen molar-refractivity contribution in [3.63, 3.8) is 0 Å². The number of imidazole rings is 4. The van der Waals surface area contributed by atoms with E-state index in [9.17, 15) is 19.2 Å². The Hall–Kier alpha value is -10.2. The fraction of sp³-hybridized carbons (Fsp3) is 0.488. The largest absolute Gasteiger partial charge is 0.496 e. The van der Waals surface area contributed by atoms with Crippen molar-refractivity contribution in [1.29, 1.82) is 0 Å². The number of hydrogen-bond acceptors (Lipinski definition) is 33. The molecule has 0 aromatic carbocycles. The number of methoxy groups -OCH3 is 3. The number of morpholine rings is 2. The monoisotopic (exact) mass is 1940 g/mol. The quantitative estimate of drug-likeness (QED) is 0.0109. The topological polar surface area (TPSA) is 422 Å². The number of esters is 3. The molecule has 15 rings (SSSR count). The SMILES string of the molecule is C.COC(=O)c1ccc(-c2nc(Cl)nc3c2ncn3COCC[Si](C)(C)C)cn1.COC(=O)c1ccc(-c2nc(N3CCOCC3)nc3c2ncn3COCC[Si](C)(C)C)cn1.COC(=O)c1ccc(B2OC(C)(C)C(C)(C)O2)cn1.C[Si](C)(C)CCOCn1cnc2c(-c3ccc(C(=O)O)nc3)nc(N3CCOCC3)nc21.C[Si](C)(C)CCOCn1cnc2c(Cl)nc(Cl)nc21. The standard InChI is InChI=1S/C22H30N6O4Si.C21H28N6O4Si.C18H22ClN5O3Si.C13H18BNO4.C11H16Cl2N4OSi.CH4/c1-30-21(29)17-6-5-16(13-23-17)18-19-20(26-22(25-18)27-7-9-31-10-8-27)28(14-24-19)15-32-11-12-33(2,3)4;1-32(2,3)11-10-31-14-27-13-23-18-17(15-4-5-16(20(28)29)22-12-15)24-21(25-19(18)27)26-6-8-30-9-7-26;1-26-17(25)13-6-5-12(9-20-13)14-15-16(23-18(19)22-14)24(10-21-15)11-27-7-8-28(2,3)4;1-12(2)13(3,4)19-14(18-12)9-6-7-10(15-8-9)11(16)17-5;1-19(2,3)5-4-18-7-17-6-14-8-9(12)15-11(13)16-10(8)17;/h5-6,13-14H,7-12,15H2,1-4H3;4-5,12-13H,6-11,14H2,1-3H3,(H,28,29);5-6,9-10H,7-8,11H2,1-4H3;6-8H,1-5H3;6H,4-5,7H2,1-3H3;1H4. The number of carbonyl (C=O) groups is 4. The minimum absolute atomic E-state index is 0. The molecule has 0 radical (unpaired) electrons. The maximum absolute atomic E-state index is 11.8. The van der Waals surface area contributed by atoms with Gasteiger partial charge in [-0.15, -0.1) is 0 Å². The number of anilines is 2. The maximum atomic E-state index is 11.8. The zero-order valence-electron chi connectivity index (χ0n) is 77.5. The van der Waals surface area contributed by atoms with Gasteiger partial charge in [0.05, 0.1) is 84.3 Å². The van der Waals surface area contributed by atoms with Crippen LogP contribution in [0.1, 0.15) is 77.1 Å². The van der Waals surface area contributed by atoms with Crippen molar-refractivity contribution in [1.82, 2.24) is 98.0 Å². The van der Waals surface area contributed by atoms with E-state index < -0.39 is 74.5 Å². The lowest BCUT2D eigenvalue weighted by Crippen LogP contribution is -2.41. The second-order valence-electron chi connectivity index (χ2n) is 36.6. The van der Waals surface area contributed by atoms with Crippen molar-refractivity contribution in [2.45, 2.75) is 176 Å². The molecule has 38 nitrogen and oxygen atoms in total. The molecule has 46 heteroatoms. The summed E-state index contributed by atoms with van der Waals surface area (Å²) in [5, 5.41) is 9.63. The molecular formula is C86H118BCl3N22O16Si4. The molecule has 0 spiro atoms. The fourth-order valence-electron chi connectivity index (χ4n) is 12.6. The average Bonchev–Trinajstić information content (AvgIpc) is 1.62. The van der Waals surface area contributed by atoms with E-state index in [1.165, 1.54) is 39.8 Å². The lowest BCUT2D eigenvalue weighted by molar-refractivity contribution is 0.00578. The molecule has 3 aliphatic heterocycles. The van der Waals surface area contributed by atoms with Crippen LogP contribution in [0.4, 0.5) is 11.9 Å². The van der Waals surface area contributed by atoms with Gasteiger partial charge in [0.1, 0.15) is 88.8 Å². The van der Waals surface area contributed by atoms with E-state index in [0.717, 1.165) is 41.8 Å². The Kier molecular flexibility index (Phi) is 36.3. The van der Waals surface area contributed by atoms with Crippen LogP contribution in [0.2, 0.25) is 118 Å². The molecular weight excluding hydrogens is 1830 g/mol. The number of aromatic nitrogens is 20. The van der Waals surface area contributed by atoms with Gasteiger partial charge in [-0.25, -0.2) is 79.0 Å². The number of carbonyl (C=O) groups excluding carboxylic acids is 3. The summed E-state index contributed by atoms with van der Waals surface area (Å²) < 4.78 is 67.4. The number of aromatic carboxylic acids is 1. The molecule has 0 aliphatic carbocycles. The Bertz CT molecular complexity index is 5860. The Morgan fingerprint density at radius 2 is 0.705 bits per heavy atom. The first kappa shape index (κ1) is 104. The number of ether oxygens (including phenoxy) is 9. The van der Waals surface area contributed by atoms with Crippen molar-refractivity contribution in [3.8, 4) is 33.8 Å². The molecule has 0 unspecified atom stereocenters. The Labute approximate surface area is 786 Å². The van der Waals surface area contributed by atoms with Crippen LogP contribution in [0.5, 0.6) is 0 Å². The van der Waals surface area contributed by atoms with E-state index in [4.69, 9.17) is 102 Å². The summed E-state index contributed by atoms with van der Waals surface area (Å²) in [5.74, 6) is -1.32. The Balaban J connectivity index is 0.000000174. The number of nitrogens with zero attached hydrogens (tertiary/aromatic N) is 22. The first-order valence-electron chi connectivity index (χ1n) is 42.6. The highest BCUT2D eigenvalue weighted by Gasteiger charge is 2.52. The molecule has 0 bridgehead atoms. The number of carboxylic acids is 1. The van der Waals surface area contributed by atoms with E-state index in [-0.39, 0.29) is 45.9 Å². The molecule has 708 valence electrons. The molecule has 132 heavy (non-hydrogen) atoms. The summed E-state index contributed by atoms with van der Waals surface area (Å²) in [5.41, 5.74) is 9.58. The average molecular weight is 1950 g/mol. The minimum Gasteiger partial charge on any atom is -0.477 e. The van der Waals surface area contributed by atoms with Crippen LogP contribution >= 0.6 is 34.8 Å². The Morgan fingerprint density at radius 1 is 0.402 bits per heavy atom. The zero-order chi connectivity index (χ0) is 94.8. The zero-order valence-corrected chi connectivity index (χ0v) is 83.8. The highest BCUT2D eigenvalue weighted by molar-refractivity contribution is 6.77. The van der Waals surface area contributed by atoms with Crippen LogP contribution in [0.3, 0.4) is 0 Å². The third-order valence-electron chi connectivity index (χ3n) is 21.1. The van der Waals surface area contributed by atoms with E-state index in [1.807, 2.05) is 36.8 Å². The summed E-state index contributed by atoms with van der Waals surface area (Å²) in [7, 11) is -1.06. The van der Waals surface area contributed by atoms with Gasteiger partial charge >= 0.3 is 31.0 Å². The summed E-state index contributed by atoms with van der Waals surface area (Å²) in [6.45, 7) is 45.4. The number of hydrogen-bond donors (Lipinski definition) is 1. The third-order valence-corrected chi connectivity index (χ3v) is 28.5. The first-order chi connectivity index (χ1) is 62.1. The Morgan fingerprint density at radius 3 is 1.02 bits per heavy atom. The maximum Gasteiger partial charge on any atom is 0.496 e. The number of rotatable bonds is 30. The minimum atomic E-state index is -1.17. The molecule has 3 aliphatic rings. The predicted molar refractivity (Wildman–Crippen MR) is 516 cm³/mol. The van der Waals surface area contributed by atoms with E-state index in [1.54, 1.807) is 89.3 Å².